The number of hydrogen-bond donors (Lipinski definition) is 0. The summed E-state index contributed by atoms with van der Waals surface area (Å²) in [5, 5.41) is 0. The topological polar surface area (TPSA) is 26.0 Å². The number of aromatic nitrogens is 2. The van der Waals surface area contributed by atoms with Crippen LogP contribution in [0.2, 0.25) is 0 Å². The van der Waals surface area contributed by atoms with Crippen molar-refractivity contribution in [2.24, 2.45) is 0 Å². The van der Waals surface area contributed by atoms with Crippen LogP contribution in [0, 0.1) is 6.92 Å². The molecule has 0 saturated heterocycles. The second-order valence-electron chi connectivity index (χ2n) is 7.77. The maximum absolute atomic E-state index is 6.12. The van der Waals surface area contributed by atoms with E-state index >= 15 is 0 Å². The van der Waals surface area contributed by atoms with Crippen LogP contribution >= 0.6 is 0 Å². The molecule has 2 rings (SSSR count). The normalized spacial score (nSPS) is 12.4. The van der Waals surface area contributed by atoms with Crippen molar-refractivity contribution in [3.05, 3.63) is 59.7 Å². The Kier molecular flexibility index (Phi) is 5.20. The Hall–Kier alpha value is -1.74. The lowest BCUT2D eigenvalue weighted by Gasteiger charge is -2.24. The van der Waals surface area contributed by atoms with Crippen molar-refractivity contribution in [3.8, 4) is 0 Å². The Balaban J connectivity index is 2.05. The van der Waals surface area contributed by atoms with Gasteiger partial charge in [0.15, 0.2) is 5.69 Å². The van der Waals surface area contributed by atoms with Crippen molar-refractivity contribution < 1.29 is 9.30 Å². The van der Waals surface area contributed by atoms with Crippen molar-refractivity contribution in [2.45, 2.75) is 65.7 Å². The lowest BCUT2D eigenvalue weighted by atomic mass is 9.92. The minimum atomic E-state index is -0.254. The van der Waals surface area contributed by atoms with Crippen LogP contribution < -0.4 is 4.57 Å². The van der Waals surface area contributed by atoms with E-state index in [9.17, 15) is 0 Å². The molecule has 0 fully saturated rings. The molecule has 0 radical (unpaired) electrons. The van der Waals surface area contributed by atoms with E-state index < -0.39 is 0 Å². The third kappa shape index (κ3) is 5.14. The van der Waals surface area contributed by atoms with Crippen LogP contribution in [-0.2, 0) is 23.3 Å². The first-order chi connectivity index (χ1) is 10.7. The predicted molar refractivity (Wildman–Crippen MR) is 93.2 cm³/mol. The molecule has 0 unspecified atom stereocenters. The van der Waals surface area contributed by atoms with E-state index in [1.54, 1.807) is 0 Å². The van der Waals surface area contributed by atoms with Gasteiger partial charge in [0.2, 0.25) is 0 Å². The summed E-state index contributed by atoms with van der Waals surface area (Å²) in [7, 11) is 0. The van der Waals surface area contributed by atoms with Gasteiger partial charge in [-0.3, -0.25) is 0 Å². The summed E-state index contributed by atoms with van der Waals surface area (Å²) in [5.41, 5.74) is 2.14. The van der Waals surface area contributed by atoms with Crippen LogP contribution in [0.3, 0.4) is 0 Å². The van der Waals surface area contributed by atoms with E-state index in [1.165, 1.54) is 5.56 Å². The molecule has 23 heavy (non-hydrogen) atoms. The molecule has 1 aromatic heterocycles. The largest absolute Gasteiger partial charge is 0.367 e. The SMILES string of the molecule is Cc1nc(C(C)(C)C)cc[n+]1CC(C)(C)OCc1ccccc1. The molecule has 0 N–H and O–H groups in total. The zero-order chi connectivity index (χ0) is 17.1. The number of ether oxygens (including phenoxy) is 1. The van der Waals surface area contributed by atoms with Gasteiger partial charge in [-0.05, 0) is 19.4 Å². The molecule has 1 heterocycles. The van der Waals surface area contributed by atoms with Gasteiger partial charge in [0, 0.05) is 18.4 Å². The second-order valence-corrected chi connectivity index (χ2v) is 7.77. The van der Waals surface area contributed by atoms with Gasteiger partial charge in [0.25, 0.3) is 5.82 Å². The fraction of sp³-hybridized carbons (Fsp3) is 0.500. The fourth-order valence-electron chi connectivity index (χ4n) is 2.44. The van der Waals surface area contributed by atoms with Gasteiger partial charge >= 0.3 is 0 Å². The molecule has 0 spiro atoms. The molecule has 3 nitrogen and oxygen atoms in total. The Morgan fingerprint density at radius 1 is 1.00 bits per heavy atom. The zero-order valence-corrected chi connectivity index (χ0v) is 15.3. The van der Waals surface area contributed by atoms with E-state index in [0.717, 1.165) is 18.1 Å². The van der Waals surface area contributed by atoms with E-state index in [-0.39, 0.29) is 11.0 Å². The van der Waals surface area contributed by atoms with Gasteiger partial charge in [0.1, 0.15) is 12.1 Å². The van der Waals surface area contributed by atoms with Gasteiger partial charge in [-0.15, -0.1) is 0 Å². The summed E-state index contributed by atoms with van der Waals surface area (Å²) in [5.74, 6) is 1.02. The van der Waals surface area contributed by atoms with Gasteiger partial charge < -0.3 is 4.74 Å². The highest BCUT2D eigenvalue weighted by Crippen LogP contribution is 2.19. The fourth-order valence-corrected chi connectivity index (χ4v) is 2.44. The van der Waals surface area contributed by atoms with Gasteiger partial charge in [0.05, 0.1) is 12.8 Å². The minimum absolute atomic E-state index is 0.0726. The van der Waals surface area contributed by atoms with Crippen LogP contribution in [-0.4, -0.2) is 10.6 Å². The molecule has 0 aliphatic heterocycles. The average molecular weight is 313 g/mol. The van der Waals surface area contributed by atoms with E-state index in [2.05, 4.69) is 70.5 Å². The van der Waals surface area contributed by atoms with Gasteiger partial charge in [-0.1, -0.05) is 56.1 Å². The number of nitrogens with zero attached hydrogens (tertiary/aromatic N) is 2. The maximum Gasteiger partial charge on any atom is 0.295 e. The third-order valence-electron chi connectivity index (χ3n) is 3.90. The Bertz CT molecular complexity index is 642. The summed E-state index contributed by atoms with van der Waals surface area (Å²) in [6.07, 6.45) is 2.12. The van der Waals surface area contributed by atoms with Crippen molar-refractivity contribution in [3.63, 3.8) is 0 Å². The van der Waals surface area contributed by atoms with E-state index in [1.807, 2.05) is 18.2 Å². The standard InChI is InChI=1S/C20H29N2O/c1-16-21-18(19(2,3)4)12-13-22(16)15-20(5,6)23-14-17-10-8-7-9-11-17/h7-13H,14-15H2,1-6H3/q+1. The van der Waals surface area contributed by atoms with E-state index in [4.69, 9.17) is 9.72 Å². The van der Waals surface area contributed by atoms with Crippen LogP contribution in [0.15, 0.2) is 42.6 Å². The Labute approximate surface area is 140 Å². The molecule has 0 bridgehead atoms. The summed E-state index contributed by atoms with van der Waals surface area (Å²) in [6, 6.07) is 12.4. The summed E-state index contributed by atoms with van der Waals surface area (Å²) < 4.78 is 8.29. The van der Waals surface area contributed by atoms with Crippen LogP contribution in [0.25, 0.3) is 0 Å². The highest BCUT2D eigenvalue weighted by Gasteiger charge is 2.26. The Morgan fingerprint density at radius 2 is 1.65 bits per heavy atom. The molecule has 0 aliphatic carbocycles. The summed E-state index contributed by atoms with van der Waals surface area (Å²) >= 11 is 0. The number of aryl methyl sites for hydroxylation is 1. The van der Waals surface area contributed by atoms with Gasteiger partial charge in [-0.2, -0.15) is 0 Å². The number of benzene rings is 1. The monoisotopic (exact) mass is 313 g/mol. The van der Waals surface area contributed by atoms with Crippen molar-refractivity contribution >= 4 is 0 Å². The summed E-state index contributed by atoms with van der Waals surface area (Å²) in [4.78, 5) is 4.75. The van der Waals surface area contributed by atoms with Crippen molar-refractivity contribution in [1.29, 1.82) is 0 Å². The number of hydrogen-bond acceptors (Lipinski definition) is 2. The molecular formula is C20H29N2O+. The molecule has 3 heteroatoms. The average Bonchev–Trinajstić information content (AvgIpc) is 2.47. The van der Waals surface area contributed by atoms with Crippen molar-refractivity contribution in [1.82, 2.24) is 4.98 Å². The van der Waals surface area contributed by atoms with Crippen LogP contribution in [0.5, 0.6) is 0 Å². The lowest BCUT2D eigenvalue weighted by molar-refractivity contribution is -0.718. The first-order valence-corrected chi connectivity index (χ1v) is 8.23. The Morgan fingerprint density at radius 3 is 2.22 bits per heavy atom. The third-order valence-corrected chi connectivity index (χ3v) is 3.90. The molecule has 1 aromatic carbocycles. The lowest BCUT2D eigenvalue weighted by Crippen LogP contribution is -2.48. The molecule has 0 aliphatic rings. The van der Waals surface area contributed by atoms with E-state index in [0.29, 0.717) is 6.61 Å². The molecule has 0 atom stereocenters. The van der Waals surface area contributed by atoms with Gasteiger partial charge in [-0.25, -0.2) is 4.57 Å². The summed E-state index contributed by atoms with van der Waals surface area (Å²) in [6.45, 7) is 14.3. The second kappa shape index (κ2) is 6.79. The number of rotatable bonds is 5. The van der Waals surface area contributed by atoms with Crippen LogP contribution in [0.4, 0.5) is 0 Å². The molecule has 0 amide bonds. The highest BCUT2D eigenvalue weighted by atomic mass is 16.5. The van der Waals surface area contributed by atoms with Crippen molar-refractivity contribution in [2.75, 3.05) is 0 Å². The molecule has 0 saturated carbocycles. The zero-order valence-electron chi connectivity index (χ0n) is 15.3. The first-order valence-electron chi connectivity index (χ1n) is 8.23. The smallest absolute Gasteiger partial charge is 0.295 e. The first kappa shape index (κ1) is 17.6. The minimum Gasteiger partial charge on any atom is -0.367 e. The quantitative estimate of drug-likeness (QED) is 0.781. The molecule has 2 aromatic rings. The maximum atomic E-state index is 6.12. The molecular weight excluding hydrogens is 284 g/mol. The molecule has 124 valence electrons. The predicted octanol–water partition coefficient (Wildman–Crippen LogP) is 3.97. The highest BCUT2D eigenvalue weighted by molar-refractivity contribution is 5.13. The van der Waals surface area contributed by atoms with Crippen LogP contribution in [0.1, 0.15) is 51.7 Å².